The van der Waals surface area contributed by atoms with Gasteiger partial charge in [-0.25, -0.2) is 9.79 Å². The van der Waals surface area contributed by atoms with Crippen LogP contribution in [0.4, 0.5) is 5.69 Å². The second-order valence-corrected chi connectivity index (χ2v) is 12.3. The number of nitro groups is 1. The minimum absolute atomic E-state index is 0.0848. The number of carbonyl (C=O) groups is 1. The van der Waals surface area contributed by atoms with E-state index < -0.39 is 16.9 Å². The molecular formula is C29H23Cl2N3O6S2. The van der Waals surface area contributed by atoms with Gasteiger partial charge in [0, 0.05) is 22.6 Å². The Morgan fingerprint density at radius 1 is 1.19 bits per heavy atom. The first-order valence-corrected chi connectivity index (χ1v) is 15.4. The molecule has 0 spiro atoms. The Morgan fingerprint density at radius 2 is 1.90 bits per heavy atom. The molecule has 0 saturated heterocycles. The lowest BCUT2D eigenvalue weighted by Crippen LogP contribution is -2.40. The van der Waals surface area contributed by atoms with Crippen LogP contribution >= 0.6 is 46.3 Å². The van der Waals surface area contributed by atoms with Crippen LogP contribution in [0.1, 0.15) is 38.1 Å². The van der Waals surface area contributed by atoms with Gasteiger partial charge < -0.3 is 9.15 Å². The number of esters is 1. The number of allylic oxidation sites excluding steroid dienone is 1. The third-order valence-electron chi connectivity index (χ3n) is 6.41. The standard InChI is InChI=1S/C29H23Cl2N3O6S2/c1-14(2)39-28(36)25-15(3)32-29-33(26(25)16-5-8-18(41-4)9-6-16)27(35)24(42-29)11-17-7-10-23(40-17)19-12-21(31)22(34(37)38)13-20(19)30/h5-14,26H,1-4H3/b24-11+/t26-/m1/s1. The summed E-state index contributed by atoms with van der Waals surface area (Å²) in [5.74, 6) is 0.128. The van der Waals surface area contributed by atoms with E-state index in [9.17, 15) is 19.7 Å². The van der Waals surface area contributed by atoms with E-state index in [1.54, 1.807) is 50.7 Å². The fraction of sp³-hybridized carbons (Fsp3) is 0.207. The van der Waals surface area contributed by atoms with E-state index in [1.165, 1.54) is 22.0 Å². The van der Waals surface area contributed by atoms with Gasteiger partial charge in [-0.3, -0.25) is 19.5 Å². The molecule has 2 aromatic carbocycles. The number of aromatic nitrogens is 1. The molecule has 0 N–H and O–H groups in total. The largest absolute Gasteiger partial charge is 0.459 e. The van der Waals surface area contributed by atoms with Crippen molar-refractivity contribution < 1.29 is 18.9 Å². The summed E-state index contributed by atoms with van der Waals surface area (Å²) in [7, 11) is 0. The van der Waals surface area contributed by atoms with Crippen molar-refractivity contribution in [2.24, 2.45) is 4.99 Å². The lowest BCUT2D eigenvalue weighted by Gasteiger charge is -2.25. The van der Waals surface area contributed by atoms with Crippen molar-refractivity contribution in [3.63, 3.8) is 0 Å². The van der Waals surface area contributed by atoms with Crippen LogP contribution in [0.2, 0.25) is 10.0 Å². The van der Waals surface area contributed by atoms with Gasteiger partial charge >= 0.3 is 5.97 Å². The zero-order valence-electron chi connectivity index (χ0n) is 22.7. The van der Waals surface area contributed by atoms with Crippen molar-refractivity contribution in [1.29, 1.82) is 0 Å². The molecule has 42 heavy (non-hydrogen) atoms. The molecule has 0 amide bonds. The molecule has 9 nitrogen and oxygen atoms in total. The third-order valence-corrected chi connectivity index (χ3v) is 8.76. The number of thioether (sulfide) groups is 1. The Hall–Kier alpha value is -3.64. The highest BCUT2D eigenvalue weighted by Gasteiger charge is 2.34. The van der Waals surface area contributed by atoms with Gasteiger partial charge in [-0.2, -0.15) is 0 Å². The van der Waals surface area contributed by atoms with E-state index in [-0.39, 0.29) is 27.4 Å². The van der Waals surface area contributed by atoms with Crippen molar-refractivity contribution in [1.82, 2.24) is 4.57 Å². The van der Waals surface area contributed by atoms with Crippen LogP contribution in [0, 0.1) is 10.1 Å². The fourth-order valence-electron chi connectivity index (χ4n) is 4.53. The van der Waals surface area contributed by atoms with Crippen LogP contribution in [-0.4, -0.2) is 27.8 Å². The number of carbonyl (C=O) groups excluding carboxylic acids is 1. The molecule has 5 rings (SSSR count). The monoisotopic (exact) mass is 643 g/mol. The predicted molar refractivity (Wildman–Crippen MR) is 164 cm³/mol. The lowest BCUT2D eigenvalue weighted by atomic mass is 9.96. The minimum atomic E-state index is -0.737. The molecule has 13 heteroatoms. The van der Waals surface area contributed by atoms with E-state index in [0.29, 0.717) is 37.7 Å². The zero-order valence-corrected chi connectivity index (χ0v) is 25.9. The molecule has 0 aliphatic carbocycles. The summed E-state index contributed by atoms with van der Waals surface area (Å²) in [6.45, 7) is 5.26. The number of hydrogen-bond donors (Lipinski definition) is 0. The Kier molecular flexibility index (Phi) is 8.47. The SMILES string of the molecule is CSc1ccc([C@@H]2C(C(=O)OC(C)C)=C(C)N=c3s/c(=C/c4ccc(-c5cc(Cl)c([N+](=O)[O-])cc5Cl)o4)c(=O)n32)cc1. The topological polar surface area (TPSA) is 117 Å². The van der Waals surface area contributed by atoms with Crippen molar-refractivity contribution in [3.8, 4) is 11.3 Å². The van der Waals surface area contributed by atoms with Gasteiger partial charge in [-0.15, -0.1) is 11.8 Å². The summed E-state index contributed by atoms with van der Waals surface area (Å²) in [6.07, 6.45) is 3.19. The van der Waals surface area contributed by atoms with Crippen molar-refractivity contribution in [2.45, 2.75) is 37.8 Å². The van der Waals surface area contributed by atoms with Crippen LogP contribution in [0.25, 0.3) is 17.4 Å². The van der Waals surface area contributed by atoms with Gasteiger partial charge in [0.25, 0.3) is 11.2 Å². The average Bonchev–Trinajstić information content (AvgIpc) is 3.52. The maximum atomic E-state index is 13.9. The predicted octanol–water partition coefficient (Wildman–Crippen LogP) is 6.38. The Bertz CT molecular complexity index is 1940. The lowest BCUT2D eigenvalue weighted by molar-refractivity contribution is -0.384. The molecule has 2 aromatic heterocycles. The van der Waals surface area contributed by atoms with Crippen LogP contribution in [0.3, 0.4) is 0 Å². The second-order valence-electron chi connectivity index (χ2n) is 9.55. The van der Waals surface area contributed by atoms with E-state index in [4.69, 9.17) is 32.4 Å². The van der Waals surface area contributed by atoms with Crippen LogP contribution < -0.4 is 14.9 Å². The second kappa shape index (κ2) is 11.9. The number of ether oxygens (including phenoxy) is 1. The van der Waals surface area contributed by atoms with Gasteiger partial charge in [0.05, 0.1) is 37.9 Å². The highest BCUT2D eigenvalue weighted by Crippen LogP contribution is 2.37. The molecular weight excluding hydrogens is 621 g/mol. The summed E-state index contributed by atoms with van der Waals surface area (Å²) in [6, 6.07) is 12.7. The number of fused-ring (bicyclic) bond motifs is 1. The third kappa shape index (κ3) is 5.69. The van der Waals surface area contributed by atoms with Gasteiger partial charge in [0.2, 0.25) is 0 Å². The molecule has 0 radical (unpaired) electrons. The first-order chi connectivity index (χ1) is 20.0. The number of thiazole rings is 1. The number of hydrogen-bond acceptors (Lipinski definition) is 9. The first-order valence-electron chi connectivity index (χ1n) is 12.6. The van der Waals surface area contributed by atoms with Crippen molar-refractivity contribution >= 4 is 64.0 Å². The highest BCUT2D eigenvalue weighted by atomic mass is 35.5. The normalized spacial score (nSPS) is 15.1. The molecule has 0 fully saturated rings. The van der Waals surface area contributed by atoms with E-state index in [1.807, 2.05) is 30.5 Å². The Morgan fingerprint density at radius 3 is 2.55 bits per heavy atom. The number of nitro benzene ring substituents is 1. The van der Waals surface area contributed by atoms with E-state index in [0.717, 1.165) is 16.5 Å². The van der Waals surface area contributed by atoms with Crippen molar-refractivity contribution in [3.05, 3.63) is 111 Å². The molecule has 216 valence electrons. The van der Waals surface area contributed by atoms with E-state index >= 15 is 0 Å². The Labute approximate surface area is 257 Å². The van der Waals surface area contributed by atoms with Crippen LogP contribution in [0.15, 0.2) is 78.9 Å². The summed E-state index contributed by atoms with van der Waals surface area (Å²) >= 11 is 15.1. The molecule has 4 aromatic rings. The number of furan rings is 1. The quantitative estimate of drug-likeness (QED) is 0.0992. The summed E-state index contributed by atoms with van der Waals surface area (Å²) in [5.41, 5.74) is 1.21. The summed E-state index contributed by atoms with van der Waals surface area (Å²) < 4.78 is 13.3. The number of halogens is 2. The van der Waals surface area contributed by atoms with E-state index in [2.05, 4.69) is 4.99 Å². The minimum Gasteiger partial charge on any atom is -0.459 e. The van der Waals surface area contributed by atoms with Gasteiger partial charge in [0.15, 0.2) is 4.80 Å². The zero-order chi connectivity index (χ0) is 30.3. The maximum Gasteiger partial charge on any atom is 0.338 e. The molecule has 3 heterocycles. The summed E-state index contributed by atoms with van der Waals surface area (Å²) in [5, 5.41) is 11.2. The molecule has 1 aliphatic heterocycles. The van der Waals surface area contributed by atoms with Crippen LogP contribution in [0.5, 0.6) is 0 Å². The number of nitrogens with zero attached hydrogens (tertiary/aromatic N) is 3. The fourth-order valence-corrected chi connectivity index (χ4v) is 6.45. The molecule has 0 bridgehead atoms. The molecule has 1 atom stereocenters. The maximum absolute atomic E-state index is 13.9. The number of rotatable bonds is 7. The highest BCUT2D eigenvalue weighted by molar-refractivity contribution is 7.98. The summed E-state index contributed by atoms with van der Waals surface area (Å²) in [4.78, 5) is 43.7. The first kappa shape index (κ1) is 29.8. The van der Waals surface area contributed by atoms with Gasteiger partial charge in [0.1, 0.15) is 16.5 Å². The van der Waals surface area contributed by atoms with Crippen molar-refractivity contribution in [2.75, 3.05) is 6.26 Å². The molecule has 1 aliphatic rings. The van der Waals surface area contributed by atoms with Crippen LogP contribution in [-0.2, 0) is 9.53 Å². The van der Waals surface area contributed by atoms with Gasteiger partial charge in [-0.05, 0) is 62.9 Å². The molecule has 0 unspecified atom stereocenters. The average molecular weight is 645 g/mol. The number of benzene rings is 2. The molecule has 0 saturated carbocycles. The smallest absolute Gasteiger partial charge is 0.338 e. The van der Waals surface area contributed by atoms with Gasteiger partial charge in [-0.1, -0.05) is 46.7 Å². The Balaban J connectivity index is 1.61.